The quantitative estimate of drug-likeness (QED) is 0.425. The average molecular weight is 435 g/mol. The fourth-order valence-electron chi connectivity index (χ4n) is 9.62. The van der Waals surface area contributed by atoms with Gasteiger partial charge in [-0.25, -0.2) is 0 Å². The van der Waals surface area contributed by atoms with Crippen molar-refractivity contribution in [2.45, 2.75) is 135 Å². The van der Waals surface area contributed by atoms with E-state index in [9.17, 15) is 15.3 Å². The molecule has 0 aromatic rings. The SMILES string of the molecule is CCCCCC[C@@](O)(CC)[C@H]1CCC2C3C[C@H](O)[C@H]4C[C@@H](O)CC[C@]4(C)C3CC[C@@]21C. The Morgan fingerprint density at radius 3 is 2.23 bits per heavy atom. The van der Waals surface area contributed by atoms with Crippen molar-refractivity contribution in [2.75, 3.05) is 0 Å². The Morgan fingerprint density at radius 2 is 1.52 bits per heavy atom. The molecule has 0 aliphatic heterocycles. The Labute approximate surface area is 191 Å². The third-order valence-electron chi connectivity index (χ3n) is 11.4. The maximum atomic E-state index is 11.9. The molecule has 0 radical (unpaired) electrons. The van der Waals surface area contributed by atoms with E-state index in [4.69, 9.17) is 0 Å². The molecule has 10 atom stereocenters. The molecule has 0 aromatic heterocycles. The second-order valence-corrected chi connectivity index (χ2v) is 12.7. The zero-order chi connectivity index (χ0) is 22.4. The van der Waals surface area contributed by atoms with Crippen LogP contribution >= 0.6 is 0 Å². The van der Waals surface area contributed by atoms with Crippen LogP contribution in [0.1, 0.15) is 118 Å². The largest absolute Gasteiger partial charge is 0.393 e. The first-order chi connectivity index (χ1) is 14.7. The van der Waals surface area contributed by atoms with E-state index in [2.05, 4.69) is 27.7 Å². The summed E-state index contributed by atoms with van der Waals surface area (Å²) in [6.07, 6.45) is 14.8. The molecule has 0 spiro atoms. The average Bonchev–Trinajstić information content (AvgIpc) is 3.10. The van der Waals surface area contributed by atoms with Gasteiger partial charge in [0, 0.05) is 0 Å². The fraction of sp³-hybridized carbons (Fsp3) is 1.00. The zero-order valence-electron chi connectivity index (χ0n) is 20.8. The molecule has 0 amide bonds. The van der Waals surface area contributed by atoms with Crippen molar-refractivity contribution in [3.05, 3.63) is 0 Å². The Kier molecular flexibility index (Phi) is 6.91. The van der Waals surface area contributed by atoms with Crippen LogP contribution < -0.4 is 0 Å². The lowest BCUT2D eigenvalue weighted by Gasteiger charge is -2.62. The predicted molar refractivity (Wildman–Crippen MR) is 127 cm³/mol. The van der Waals surface area contributed by atoms with Crippen LogP contribution in [0.2, 0.25) is 0 Å². The van der Waals surface area contributed by atoms with Gasteiger partial charge in [-0.1, -0.05) is 53.4 Å². The van der Waals surface area contributed by atoms with Gasteiger partial charge in [0.1, 0.15) is 0 Å². The second kappa shape index (κ2) is 8.91. The van der Waals surface area contributed by atoms with Crippen LogP contribution in [0.4, 0.5) is 0 Å². The first-order valence-corrected chi connectivity index (χ1v) is 13.8. The standard InChI is InChI=1S/C28H50O3/c1-5-7-8-9-14-28(31,6-2)25-11-10-21-20-18-24(30)23-17-19(29)12-15-26(23,3)22(20)13-16-27(21,25)4/h19-25,29-31H,5-18H2,1-4H3/t19-,20?,21?,22?,23+,24-,25-,26+,27-,28-/m0/s1. The van der Waals surface area contributed by atoms with Crippen molar-refractivity contribution in [1.29, 1.82) is 0 Å². The van der Waals surface area contributed by atoms with Gasteiger partial charge in [0.15, 0.2) is 0 Å². The van der Waals surface area contributed by atoms with Crippen LogP contribution in [-0.4, -0.2) is 33.1 Å². The molecule has 3 N–H and O–H groups in total. The molecule has 4 fully saturated rings. The summed E-state index contributed by atoms with van der Waals surface area (Å²) in [5, 5.41) is 33.4. The van der Waals surface area contributed by atoms with Crippen LogP contribution in [-0.2, 0) is 0 Å². The van der Waals surface area contributed by atoms with E-state index in [1.165, 1.54) is 38.5 Å². The second-order valence-electron chi connectivity index (χ2n) is 12.7. The van der Waals surface area contributed by atoms with Crippen molar-refractivity contribution >= 4 is 0 Å². The molecule has 0 saturated heterocycles. The van der Waals surface area contributed by atoms with E-state index < -0.39 is 5.60 Å². The molecule has 0 aromatic carbocycles. The molecule has 3 heteroatoms. The number of aliphatic hydroxyl groups excluding tert-OH is 2. The predicted octanol–water partition coefficient (Wildman–Crippen LogP) is 6.09. The summed E-state index contributed by atoms with van der Waals surface area (Å²) in [6.45, 7) is 9.40. The van der Waals surface area contributed by atoms with Gasteiger partial charge in [0.2, 0.25) is 0 Å². The Balaban J connectivity index is 1.54. The van der Waals surface area contributed by atoms with Gasteiger partial charge in [-0.15, -0.1) is 0 Å². The smallest absolute Gasteiger partial charge is 0.0678 e. The van der Waals surface area contributed by atoms with Gasteiger partial charge in [0.25, 0.3) is 0 Å². The normalized spacial score (nSPS) is 49.1. The first-order valence-electron chi connectivity index (χ1n) is 13.8. The van der Waals surface area contributed by atoms with Gasteiger partial charge >= 0.3 is 0 Å². The lowest BCUT2D eigenvalue weighted by molar-refractivity contribution is -0.180. The zero-order valence-corrected chi connectivity index (χ0v) is 20.8. The van der Waals surface area contributed by atoms with Gasteiger partial charge in [-0.2, -0.15) is 0 Å². The molecular formula is C28H50O3. The molecule has 4 saturated carbocycles. The van der Waals surface area contributed by atoms with E-state index >= 15 is 0 Å². The van der Waals surface area contributed by atoms with E-state index in [1.54, 1.807) is 0 Å². The summed E-state index contributed by atoms with van der Waals surface area (Å²) < 4.78 is 0. The van der Waals surface area contributed by atoms with Crippen molar-refractivity contribution in [3.8, 4) is 0 Å². The molecule has 3 unspecified atom stereocenters. The summed E-state index contributed by atoms with van der Waals surface area (Å²) >= 11 is 0. The van der Waals surface area contributed by atoms with E-state index in [-0.39, 0.29) is 29.0 Å². The highest BCUT2D eigenvalue weighted by molar-refractivity contribution is 5.13. The highest BCUT2D eigenvalue weighted by Crippen LogP contribution is 2.69. The molecular weight excluding hydrogens is 384 g/mol. The number of fused-ring (bicyclic) bond motifs is 5. The number of hydrogen-bond acceptors (Lipinski definition) is 3. The molecule has 4 aliphatic carbocycles. The van der Waals surface area contributed by atoms with Crippen molar-refractivity contribution in [1.82, 2.24) is 0 Å². The van der Waals surface area contributed by atoms with Crippen molar-refractivity contribution in [2.24, 2.45) is 40.4 Å². The summed E-state index contributed by atoms with van der Waals surface area (Å²) in [6, 6.07) is 0. The third-order valence-corrected chi connectivity index (χ3v) is 11.4. The molecule has 4 aliphatic rings. The molecule has 4 rings (SSSR count). The third kappa shape index (κ3) is 3.93. The van der Waals surface area contributed by atoms with Crippen molar-refractivity contribution < 1.29 is 15.3 Å². The monoisotopic (exact) mass is 434 g/mol. The Hall–Kier alpha value is -0.120. The van der Waals surface area contributed by atoms with Crippen LogP contribution in [0.15, 0.2) is 0 Å². The van der Waals surface area contributed by atoms with Crippen molar-refractivity contribution in [3.63, 3.8) is 0 Å². The van der Waals surface area contributed by atoms with E-state index in [1.807, 2.05) is 0 Å². The minimum atomic E-state index is -0.515. The maximum absolute atomic E-state index is 11.9. The van der Waals surface area contributed by atoms with Crippen LogP contribution in [0.5, 0.6) is 0 Å². The van der Waals surface area contributed by atoms with Crippen LogP contribution in [0, 0.1) is 40.4 Å². The number of hydrogen-bond donors (Lipinski definition) is 3. The highest BCUT2D eigenvalue weighted by Gasteiger charge is 2.64. The molecule has 180 valence electrons. The van der Waals surface area contributed by atoms with E-state index in [0.29, 0.717) is 23.7 Å². The fourth-order valence-corrected chi connectivity index (χ4v) is 9.62. The minimum Gasteiger partial charge on any atom is -0.393 e. The van der Waals surface area contributed by atoms with Gasteiger partial charge < -0.3 is 15.3 Å². The Morgan fingerprint density at radius 1 is 0.806 bits per heavy atom. The molecule has 3 nitrogen and oxygen atoms in total. The van der Waals surface area contributed by atoms with E-state index in [0.717, 1.165) is 51.4 Å². The highest BCUT2D eigenvalue weighted by atomic mass is 16.3. The molecule has 0 bridgehead atoms. The first kappa shape index (κ1) is 24.0. The van der Waals surface area contributed by atoms with Gasteiger partial charge in [-0.05, 0) is 105 Å². The summed E-state index contributed by atoms with van der Waals surface area (Å²) in [5.74, 6) is 2.60. The molecule has 0 heterocycles. The number of unbranched alkanes of at least 4 members (excludes halogenated alkanes) is 3. The van der Waals surface area contributed by atoms with Crippen LogP contribution in [0.25, 0.3) is 0 Å². The summed E-state index contributed by atoms with van der Waals surface area (Å²) in [4.78, 5) is 0. The van der Waals surface area contributed by atoms with Gasteiger partial charge in [-0.3, -0.25) is 0 Å². The summed E-state index contributed by atoms with van der Waals surface area (Å²) in [7, 11) is 0. The maximum Gasteiger partial charge on any atom is 0.0678 e. The number of rotatable bonds is 7. The van der Waals surface area contributed by atoms with Crippen LogP contribution in [0.3, 0.4) is 0 Å². The number of aliphatic hydroxyl groups is 3. The Bertz CT molecular complexity index is 621. The lowest BCUT2D eigenvalue weighted by atomic mass is 9.43. The minimum absolute atomic E-state index is 0.183. The molecule has 31 heavy (non-hydrogen) atoms. The topological polar surface area (TPSA) is 60.7 Å². The summed E-state index contributed by atoms with van der Waals surface area (Å²) in [5.41, 5.74) is -0.116. The lowest BCUT2D eigenvalue weighted by Crippen LogP contribution is -2.59. The van der Waals surface area contributed by atoms with Gasteiger partial charge in [0.05, 0.1) is 17.8 Å².